The van der Waals surface area contributed by atoms with E-state index in [9.17, 15) is 0 Å². The lowest BCUT2D eigenvalue weighted by atomic mass is 9.78. The standard InChI is InChI=1S/C30H24/c1-3-7-21-17-29-25(13-19(21)5-1)15-23-9-12-28-24(10-11-27(23)29)16-26-14-20-6-2-4-8-22(20)18-30(26)28/h1-8,13-18,27-28H,9-12H2. The maximum Gasteiger partial charge on any atom is 0.00607 e. The Morgan fingerprint density at radius 1 is 0.500 bits per heavy atom. The normalized spacial score (nSPS) is 21.9. The Morgan fingerprint density at radius 3 is 1.33 bits per heavy atom. The van der Waals surface area contributed by atoms with Crippen LogP contribution in [0.25, 0.3) is 33.7 Å². The highest BCUT2D eigenvalue weighted by Crippen LogP contribution is 2.51. The van der Waals surface area contributed by atoms with Crippen molar-refractivity contribution in [1.29, 1.82) is 0 Å². The second-order valence-electron chi connectivity index (χ2n) is 9.28. The molecule has 30 heavy (non-hydrogen) atoms. The largest absolute Gasteiger partial charge is 0.0620 e. The van der Waals surface area contributed by atoms with E-state index in [1.807, 2.05) is 0 Å². The van der Waals surface area contributed by atoms with Crippen LogP contribution in [0.3, 0.4) is 0 Å². The first-order chi connectivity index (χ1) is 14.8. The average Bonchev–Trinajstić information content (AvgIpc) is 3.27. The van der Waals surface area contributed by atoms with E-state index in [0.717, 1.165) is 0 Å². The highest BCUT2D eigenvalue weighted by atomic mass is 14.4. The number of hydrogen-bond acceptors (Lipinski definition) is 0. The lowest BCUT2D eigenvalue weighted by molar-refractivity contribution is 0.581. The topological polar surface area (TPSA) is 0 Å². The number of allylic oxidation sites excluding steroid dienone is 2. The van der Waals surface area contributed by atoms with Gasteiger partial charge < -0.3 is 0 Å². The summed E-state index contributed by atoms with van der Waals surface area (Å²) in [5.41, 5.74) is 9.36. The van der Waals surface area contributed by atoms with E-state index in [1.54, 1.807) is 22.3 Å². The third-order valence-corrected chi connectivity index (χ3v) is 7.67. The Balaban J connectivity index is 1.27. The molecule has 2 atom stereocenters. The van der Waals surface area contributed by atoms with Crippen LogP contribution >= 0.6 is 0 Å². The van der Waals surface area contributed by atoms with Crippen LogP contribution < -0.4 is 0 Å². The van der Waals surface area contributed by atoms with Crippen LogP contribution in [0, 0.1) is 0 Å². The molecule has 0 spiro atoms. The number of hydrogen-bond donors (Lipinski definition) is 0. The molecule has 144 valence electrons. The molecule has 0 aliphatic heterocycles. The summed E-state index contributed by atoms with van der Waals surface area (Å²) in [6.45, 7) is 0. The smallest absolute Gasteiger partial charge is 0.00607 e. The third-order valence-electron chi connectivity index (χ3n) is 7.67. The summed E-state index contributed by atoms with van der Waals surface area (Å²) in [5, 5.41) is 5.49. The second kappa shape index (κ2) is 6.19. The molecule has 1 fully saturated rings. The van der Waals surface area contributed by atoms with E-state index in [2.05, 4.69) is 84.9 Å². The van der Waals surface area contributed by atoms with E-state index in [1.165, 1.54) is 58.4 Å². The molecule has 4 aromatic rings. The fourth-order valence-electron chi connectivity index (χ4n) is 6.20. The first-order valence-electron chi connectivity index (χ1n) is 11.3. The Kier molecular flexibility index (Phi) is 3.44. The van der Waals surface area contributed by atoms with Crippen LogP contribution in [0.15, 0.2) is 83.9 Å². The van der Waals surface area contributed by atoms with Crippen LogP contribution in [-0.4, -0.2) is 0 Å². The molecule has 3 aliphatic rings. The first kappa shape index (κ1) is 16.7. The lowest BCUT2D eigenvalue weighted by Gasteiger charge is -2.26. The van der Waals surface area contributed by atoms with Gasteiger partial charge in [0, 0.05) is 11.8 Å². The second-order valence-corrected chi connectivity index (χ2v) is 9.28. The van der Waals surface area contributed by atoms with E-state index in [0.29, 0.717) is 11.8 Å². The zero-order chi connectivity index (χ0) is 19.7. The van der Waals surface area contributed by atoms with Crippen LogP contribution in [0.4, 0.5) is 0 Å². The van der Waals surface area contributed by atoms with Gasteiger partial charge >= 0.3 is 0 Å². The summed E-state index contributed by atoms with van der Waals surface area (Å²) in [6.07, 6.45) is 9.93. The summed E-state index contributed by atoms with van der Waals surface area (Å²) in [5.74, 6) is 1.21. The molecular formula is C30H24. The molecular weight excluding hydrogens is 360 g/mol. The third kappa shape index (κ3) is 2.40. The molecule has 0 radical (unpaired) electrons. The van der Waals surface area contributed by atoms with Gasteiger partial charge in [-0.1, -0.05) is 71.8 Å². The van der Waals surface area contributed by atoms with Gasteiger partial charge in [-0.15, -0.1) is 0 Å². The average molecular weight is 385 g/mol. The predicted octanol–water partition coefficient (Wildman–Crippen LogP) is 8.23. The van der Waals surface area contributed by atoms with Gasteiger partial charge in [0.1, 0.15) is 0 Å². The van der Waals surface area contributed by atoms with Crippen LogP contribution in [0.5, 0.6) is 0 Å². The Hall–Kier alpha value is -3.12. The molecule has 0 heterocycles. The van der Waals surface area contributed by atoms with Gasteiger partial charge in [0.05, 0.1) is 0 Å². The highest BCUT2D eigenvalue weighted by Gasteiger charge is 2.32. The summed E-state index contributed by atoms with van der Waals surface area (Å²) in [6, 6.07) is 27.3. The van der Waals surface area contributed by atoms with Crippen LogP contribution in [-0.2, 0) is 0 Å². The number of rotatable bonds is 0. The van der Waals surface area contributed by atoms with Crippen molar-refractivity contribution in [2.45, 2.75) is 37.5 Å². The number of fused-ring (bicyclic) bond motifs is 8. The molecule has 0 bridgehead atoms. The maximum absolute atomic E-state index is 2.51. The SMILES string of the molecule is C1=C2CCC3C(=Cc4cc5ccccc5cc43)CCC2c2cc3ccccc3cc21. The van der Waals surface area contributed by atoms with Crippen molar-refractivity contribution in [2.24, 2.45) is 0 Å². The lowest BCUT2D eigenvalue weighted by Crippen LogP contribution is -2.09. The predicted molar refractivity (Wildman–Crippen MR) is 128 cm³/mol. The van der Waals surface area contributed by atoms with E-state index in [-0.39, 0.29) is 0 Å². The zero-order valence-electron chi connectivity index (χ0n) is 17.1. The van der Waals surface area contributed by atoms with Crippen molar-refractivity contribution in [2.75, 3.05) is 0 Å². The summed E-state index contributed by atoms with van der Waals surface area (Å²) in [7, 11) is 0. The van der Waals surface area contributed by atoms with Crippen molar-refractivity contribution in [3.63, 3.8) is 0 Å². The molecule has 0 nitrogen and oxygen atoms in total. The minimum absolute atomic E-state index is 0.606. The van der Waals surface area contributed by atoms with Gasteiger partial charge in [-0.2, -0.15) is 0 Å². The number of benzene rings is 4. The summed E-state index contributed by atoms with van der Waals surface area (Å²) < 4.78 is 0. The van der Waals surface area contributed by atoms with E-state index < -0.39 is 0 Å². The van der Waals surface area contributed by atoms with Crippen LogP contribution in [0.1, 0.15) is 59.8 Å². The van der Waals surface area contributed by atoms with E-state index in [4.69, 9.17) is 0 Å². The fraction of sp³-hybridized carbons (Fsp3) is 0.200. The Morgan fingerprint density at radius 2 is 0.900 bits per heavy atom. The molecule has 1 saturated carbocycles. The van der Waals surface area contributed by atoms with Crippen molar-refractivity contribution in [3.05, 3.63) is 106 Å². The molecule has 3 aliphatic carbocycles. The molecule has 4 aromatic carbocycles. The first-order valence-corrected chi connectivity index (χ1v) is 11.3. The summed E-state index contributed by atoms with van der Waals surface area (Å²) >= 11 is 0. The Labute approximate surface area is 177 Å². The molecule has 0 N–H and O–H groups in total. The van der Waals surface area contributed by atoms with Crippen LogP contribution in [0.2, 0.25) is 0 Å². The Bertz CT molecular complexity index is 1290. The quantitative estimate of drug-likeness (QED) is 0.286. The monoisotopic (exact) mass is 384 g/mol. The maximum atomic E-state index is 2.51. The molecule has 0 saturated heterocycles. The van der Waals surface area contributed by atoms with Crippen molar-refractivity contribution in [3.8, 4) is 0 Å². The fourth-order valence-corrected chi connectivity index (χ4v) is 6.20. The zero-order valence-corrected chi connectivity index (χ0v) is 17.1. The minimum atomic E-state index is 0.606. The molecule has 7 rings (SSSR count). The molecule has 0 aromatic heterocycles. The van der Waals surface area contributed by atoms with Crippen molar-refractivity contribution >= 4 is 33.7 Å². The van der Waals surface area contributed by atoms with Crippen molar-refractivity contribution < 1.29 is 0 Å². The molecule has 2 unspecified atom stereocenters. The van der Waals surface area contributed by atoms with Gasteiger partial charge in [-0.25, -0.2) is 0 Å². The van der Waals surface area contributed by atoms with Gasteiger partial charge in [0.25, 0.3) is 0 Å². The highest BCUT2D eigenvalue weighted by molar-refractivity contribution is 5.89. The molecule has 0 heteroatoms. The van der Waals surface area contributed by atoms with Gasteiger partial charge in [-0.05, 0) is 93.7 Å². The summed E-state index contributed by atoms with van der Waals surface area (Å²) in [4.78, 5) is 0. The van der Waals surface area contributed by atoms with Gasteiger partial charge in [0.15, 0.2) is 0 Å². The van der Waals surface area contributed by atoms with E-state index >= 15 is 0 Å². The van der Waals surface area contributed by atoms with Crippen molar-refractivity contribution in [1.82, 2.24) is 0 Å². The van der Waals surface area contributed by atoms with Gasteiger partial charge in [-0.3, -0.25) is 0 Å². The minimum Gasteiger partial charge on any atom is -0.0620 e. The van der Waals surface area contributed by atoms with Gasteiger partial charge in [0.2, 0.25) is 0 Å². The molecule has 0 amide bonds.